The molecule has 3 saturated heterocycles. The lowest BCUT2D eigenvalue weighted by atomic mass is 9.96. The Kier molecular flexibility index (Phi) is 32.3. The third-order valence-corrected chi connectivity index (χ3v) is 13.9. The van der Waals surface area contributed by atoms with Gasteiger partial charge >= 0.3 is 0 Å². The van der Waals surface area contributed by atoms with E-state index in [1.807, 2.05) is 0 Å². The Morgan fingerprint density at radius 1 is 0.464 bits per heavy atom. The number of aliphatic hydroxyl groups is 11. The lowest BCUT2D eigenvalue weighted by molar-refractivity contribution is -0.379. The molecule has 0 radical (unpaired) electrons. The molecule has 1 amide bonds. The van der Waals surface area contributed by atoms with Crippen LogP contribution in [0.1, 0.15) is 181 Å². The molecule has 0 bridgehead atoms. The molecule has 69 heavy (non-hydrogen) atoms. The zero-order chi connectivity index (χ0) is 50.6. The molecule has 19 heteroatoms. The van der Waals surface area contributed by atoms with Gasteiger partial charge in [0, 0.05) is 6.42 Å². The van der Waals surface area contributed by atoms with Crippen LogP contribution >= 0.6 is 0 Å². The van der Waals surface area contributed by atoms with Crippen molar-refractivity contribution in [2.75, 3.05) is 26.4 Å². The van der Waals surface area contributed by atoms with Gasteiger partial charge < -0.3 is 89.9 Å². The molecule has 3 heterocycles. The SMILES string of the molecule is CCCCCCCCCCCCCCCCCCC(O)C(COC1OC(CO)C(OC2OC(CO)C(OC3OC(CO)C(O)C(O)C3O)C(O)C2O)C(O)C1O)NC(=O)CCCCCCCCCC. The van der Waals surface area contributed by atoms with E-state index in [2.05, 4.69) is 19.2 Å². The quantitative estimate of drug-likeness (QED) is 0.0396. The average molecular weight is 998 g/mol. The van der Waals surface area contributed by atoms with Gasteiger partial charge in [-0.25, -0.2) is 0 Å². The zero-order valence-corrected chi connectivity index (χ0v) is 41.8. The zero-order valence-electron chi connectivity index (χ0n) is 41.8. The molecule has 12 N–H and O–H groups in total. The molecule has 0 aromatic carbocycles. The van der Waals surface area contributed by atoms with E-state index in [1.165, 1.54) is 103 Å². The highest BCUT2D eigenvalue weighted by atomic mass is 16.8. The van der Waals surface area contributed by atoms with Crippen LogP contribution in [0.4, 0.5) is 0 Å². The fourth-order valence-electron chi connectivity index (χ4n) is 9.43. The van der Waals surface area contributed by atoms with Crippen molar-refractivity contribution >= 4 is 5.91 Å². The molecule has 0 saturated carbocycles. The normalized spacial score (nSPS) is 32.8. The predicted octanol–water partition coefficient (Wildman–Crippen LogP) is 2.48. The number of nitrogens with one attached hydrogen (secondary N) is 1. The van der Waals surface area contributed by atoms with Gasteiger partial charge in [-0.15, -0.1) is 0 Å². The van der Waals surface area contributed by atoms with Crippen LogP contribution in [-0.4, -0.2) is 193 Å². The van der Waals surface area contributed by atoms with Crippen molar-refractivity contribution in [3.05, 3.63) is 0 Å². The van der Waals surface area contributed by atoms with Crippen LogP contribution in [-0.2, 0) is 33.2 Å². The number of rotatable bonds is 38. The first kappa shape index (κ1) is 62.1. The Bertz CT molecular complexity index is 1290. The number of hydrogen-bond donors (Lipinski definition) is 12. The van der Waals surface area contributed by atoms with E-state index in [-0.39, 0.29) is 18.9 Å². The average Bonchev–Trinajstić information content (AvgIpc) is 3.34. The van der Waals surface area contributed by atoms with Crippen molar-refractivity contribution in [1.29, 1.82) is 0 Å². The predicted molar refractivity (Wildman–Crippen MR) is 254 cm³/mol. The van der Waals surface area contributed by atoms with E-state index < -0.39 is 124 Å². The molecular formula is C50H95NO18. The van der Waals surface area contributed by atoms with Crippen LogP contribution in [0.15, 0.2) is 0 Å². The molecule has 19 nitrogen and oxygen atoms in total. The van der Waals surface area contributed by atoms with Gasteiger partial charge in [-0.3, -0.25) is 4.79 Å². The number of ether oxygens (including phenoxy) is 6. The van der Waals surface area contributed by atoms with E-state index >= 15 is 0 Å². The first-order chi connectivity index (χ1) is 33.3. The summed E-state index contributed by atoms with van der Waals surface area (Å²) in [5, 5.41) is 120. The van der Waals surface area contributed by atoms with Gasteiger partial charge in [-0.05, 0) is 12.8 Å². The second kappa shape index (κ2) is 35.9. The maximum absolute atomic E-state index is 13.2. The maximum Gasteiger partial charge on any atom is 0.220 e. The van der Waals surface area contributed by atoms with Gasteiger partial charge in [0.05, 0.1) is 38.6 Å². The summed E-state index contributed by atoms with van der Waals surface area (Å²) in [6.45, 7) is 1.73. The Labute approximate surface area is 411 Å². The van der Waals surface area contributed by atoms with E-state index in [9.17, 15) is 61.0 Å². The van der Waals surface area contributed by atoms with Crippen LogP contribution in [0.2, 0.25) is 0 Å². The monoisotopic (exact) mass is 998 g/mol. The van der Waals surface area contributed by atoms with E-state index in [0.29, 0.717) is 12.8 Å². The highest BCUT2D eigenvalue weighted by molar-refractivity contribution is 5.76. The van der Waals surface area contributed by atoms with Gasteiger partial charge in [0.2, 0.25) is 5.91 Å². The summed E-state index contributed by atoms with van der Waals surface area (Å²) in [7, 11) is 0. The van der Waals surface area contributed by atoms with Crippen molar-refractivity contribution in [3.63, 3.8) is 0 Å². The molecule has 0 aromatic rings. The lowest BCUT2D eigenvalue weighted by Crippen LogP contribution is -2.66. The second-order valence-electron chi connectivity index (χ2n) is 19.7. The summed E-state index contributed by atoms with van der Waals surface area (Å²) in [5.74, 6) is -0.248. The largest absolute Gasteiger partial charge is 0.394 e. The minimum absolute atomic E-state index is 0.248. The summed E-state index contributed by atoms with van der Waals surface area (Å²) in [6, 6.07) is -0.877. The Hall–Kier alpha value is -1.21. The van der Waals surface area contributed by atoms with Gasteiger partial charge in [0.1, 0.15) is 73.2 Å². The molecule has 3 aliphatic rings. The number of aliphatic hydroxyl groups excluding tert-OH is 11. The van der Waals surface area contributed by atoms with Crippen molar-refractivity contribution in [3.8, 4) is 0 Å². The van der Waals surface area contributed by atoms with Crippen LogP contribution < -0.4 is 5.32 Å². The Morgan fingerprint density at radius 3 is 1.26 bits per heavy atom. The maximum atomic E-state index is 13.2. The third kappa shape index (κ3) is 21.7. The minimum atomic E-state index is -1.97. The summed E-state index contributed by atoms with van der Waals surface area (Å²) in [4.78, 5) is 13.2. The van der Waals surface area contributed by atoms with Crippen LogP contribution in [0.25, 0.3) is 0 Å². The van der Waals surface area contributed by atoms with Gasteiger partial charge in [-0.1, -0.05) is 162 Å². The van der Waals surface area contributed by atoms with Crippen molar-refractivity contribution in [2.45, 2.75) is 285 Å². The molecule has 3 fully saturated rings. The van der Waals surface area contributed by atoms with E-state index in [4.69, 9.17) is 28.4 Å². The standard InChI is InChI=1S/C50H95NO18/c1-3-5-7-9-11-13-14-15-16-17-18-19-20-21-23-25-27-34(55)33(51-38(56)28-26-24-22-12-10-8-6-4-2)32-64-48-44(62)41(59)46(36(30-53)66-48)69-50-45(63)42(60)47(37(31-54)67-50)68-49-43(61)40(58)39(57)35(29-52)65-49/h33-37,39-50,52-55,57-63H,3-32H2,1-2H3,(H,51,56). The first-order valence-electron chi connectivity index (χ1n) is 26.8. The van der Waals surface area contributed by atoms with E-state index in [0.717, 1.165) is 44.9 Å². The topological polar surface area (TPSA) is 307 Å². The molecule has 17 unspecified atom stereocenters. The summed E-state index contributed by atoms with van der Waals surface area (Å²) < 4.78 is 34.1. The van der Waals surface area contributed by atoms with Crippen LogP contribution in [0, 0.1) is 0 Å². The fourth-order valence-corrected chi connectivity index (χ4v) is 9.43. The molecule has 408 valence electrons. The molecular weight excluding hydrogens is 903 g/mol. The number of carbonyl (C=O) groups excluding carboxylic acids is 1. The van der Waals surface area contributed by atoms with E-state index in [1.54, 1.807) is 0 Å². The third-order valence-electron chi connectivity index (χ3n) is 13.9. The smallest absolute Gasteiger partial charge is 0.220 e. The number of hydrogen-bond acceptors (Lipinski definition) is 18. The molecule has 3 aliphatic heterocycles. The van der Waals surface area contributed by atoms with Crippen LogP contribution in [0.3, 0.4) is 0 Å². The number of unbranched alkanes of at least 4 members (excludes halogenated alkanes) is 22. The first-order valence-corrected chi connectivity index (χ1v) is 26.8. The highest BCUT2D eigenvalue weighted by Crippen LogP contribution is 2.33. The molecule has 17 atom stereocenters. The molecule has 0 aliphatic carbocycles. The Morgan fingerprint density at radius 2 is 0.826 bits per heavy atom. The summed E-state index contributed by atoms with van der Waals surface area (Å²) >= 11 is 0. The summed E-state index contributed by atoms with van der Waals surface area (Å²) in [6.07, 6.45) is 2.25. The fraction of sp³-hybridized carbons (Fsp3) is 0.980. The van der Waals surface area contributed by atoms with Gasteiger partial charge in [-0.2, -0.15) is 0 Å². The molecule has 3 rings (SSSR count). The lowest BCUT2D eigenvalue weighted by Gasteiger charge is -2.48. The number of amides is 1. The summed E-state index contributed by atoms with van der Waals surface area (Å²) in [5.41, 5.74) is 0. The van der Waals surface area contributed by atoms with Crippen LogP contribution in [0.5, 0.6) is 0 Å². The minimum Gasteiger partial charge on any atom is -0.394 e. The highest BCUT2D eigenvalue weighted by Gasteiger charge is 2.53. The molecule has 0 spiro atoms. The molecule has 0 aromatic heterocycles. The van der Waals surface area contributed by atoms with Crippen molar-refractivity contribution in [1.82, 2.24) is 5.32 Å². The second-order valence-corrected chi connectivity index (χ2v) is 19.7. The Balaban J connectivity index is 1.52. The number of carbonyl (C=O) groups is 1. The van der Waals surface area contributed by atoms with Crippen molar-refractivity contribution < 1.29 is 89.4 Å². The van der Waals surface area contributed by atoms with Crippen molar-refractivity contribution in [2.24, 2.45) is 0 Å². The van der Waals surface area contributed by atoms with Gasteiger partial charge in [0.25, 0.3) is 0 Å². The van der Waals surface area contributed by atoms with Gasteiger partial charge in [0.15, 0.2) is 18.9 Å².